The monoisotopic (exact) mass is 180 g/mol. The first-order valence-electron chi connectivity index (χ1n) is 3.55. The molecule has 12 heavy (non-hydrogen) atoms. The minimum Gasteiger partial charge on any atom is -0.480 e. The molecule has 4 N–H and O–H groups in total. The molecule has 1 heterocycles. The Morgan fingerprint density at radius 1 is 1.75 bits per heavy atom. The summed E-state index contributed by atoms with van der Waals surface area (Å²) in [6.07, 6.45) is -2.62. The van der Waals surface area contributed by atoms with Crippen LogP contribution < -0.4 is 11.1 Å². The van der Waals surface area contributed by atoms with Crippen molar-refractivity contribution in [3.63, 3.8) is 0 Å². The molecular weight excluding hydrogens is 170 g/mol. The first kappa shape index (κ1) is 9.34. The Morgan fingerprint density at radius 3 is 2.58 bits per heavy atom. The zero-order valence-corrected chi connectivity index (χ0v) is 6.26. The average molecular weight is 180 g/mol. The van der Waals surface area contributed by atoms with E-state index >= 15 is 0 Å². The van der Waals surface area contributed by atoms with Crippen LogP contribution in [-0.4, -0.2) is 35.6 Å². The molecule has 1 fully saturated rings. The molecule has 1 aliphatic heterocycles. The fraction of sp³-hybridized carbons (Fsp3) is 0.833. The predicted molar refractivity (Wildman–Crippen MR) is 37.0 cm³/mol. The van der Waals surface area contributed by atoms with Gasteiger partial charge in [-0.1, -0.05) is 0 Å². The molecule has 0 radical (unpaired) electrons. The van der Waals surface area contributed by atoms with Gasteiger partial charge in [0, 0.05) is 6.04 Å². The van der Waals surface area contributed by atoms with Crippen molar-refractivity contribution in [2.75, 3.05) is 6.54 Å². The lowest BCUT2D eigenvalue weighted by Gasteiger charge is -2.07. The zero-order valence-electron chi connectivity index (χ0n) is 6.26. The molecule has 1 rings (SSSR count). The van der Waals surface area contributed by atoms with Crippen molar-refractivity contribution >= 4 is 5.97 Å². The number of halogens is 2. The largest absolute Gasteiger partial charge is 0.480 e. The van der Waals surface area contributed by atoms with Gasteiger partial charge in [0.15, 0.2) is 5.54 Å². The number of hydrogen-bond acceptors (Lipinski definition) is 3. The second-order valence-electron chi connectivity index (χ2n) is 2.75. The maximum atomic E-state index is 12.2. The van der Waals surface area contributed by atoms with Crippen LogP contribution in [0.4, 0.5) is 8.78 Å². The molecule has 0 aliphatic carbocycles. The van der Waals surface area contributed by atoms with Crippen molar-refractivity contribution in [2.45, 2.75) is 24.4 Å². The van der Waals surface area contributed by atoms with Gasteiger partial charge in [0.05, 0.1) is 0 Å². The third kappa shape index (κ3) is 1.16. The molecule has 2 unspecified atom stereocenters. The second kappa shape index (κ2) is 2.95. The van der Waals surface area contributed by atoms with Gasteiger partial charge in [0.1, 0.15) is 0 Å². The van der Waals surface area contributed by atoms with Gasteiger partial charge in [-0.2, -0.15) is 0 Å². The molecule has 4 nitrogen and oxygen atoms in total. The molecule has 0 aromatic carbocycles. The number of rotatable bonds is 4. The maximum Gasteiger partial charge on any atom is 0.331 e. The Balaban J connectivity index is 2.62. The van der Waals surface area contributed by atoms with Crippen molar-refractivity contribution < 1.29 is 18.7 Å². The highest BCUT2D eigenvalue weighted by molar-refractivity contribution is 5.84. The Morgan fingerprint density at radius 2 is 2.33 bits per heavy atom. The Labute approximate surface area is 67.7 Å². The molecular formula is C6H10F2N2O2. The first-order chi connectivity index (χ1) is 5.55. The molecule has 0 spiro atoms. The van der Waals surface area contributed by atoms with Crippen LogP contribution in [-0.2, 0) is 4.79 Å². The average Bonchev–Trinajstić information content (AvgIpc) is 2.64. The van der Waals surface area contributed by atoms with Gasteiger partial charge in [-0.3, -0.25) is 5.32 Å². The molecule has 70 valence electrons. The van der Waals surface area contributed by atoms with Gasteiger partial charge in [-0.25, -0.2) is 13.6 Å². The number of nitrogens with two attached hydrogens (primary N) is 1. The first-order valence-corrected chi connectivity index (χ1v) is 3.55. The number of hydrogen-bond donors (Lipinski definition) is 3. The number of alkyl halides is 2. The SMILES string of the molecule is NCCC1NC1(C(=O)O)C(F)F. The second-order valence-corrected chi connectivity index (χ2v) is 2.75. The van der Waals surface area contributed by atoms with Gasteiger partial charge in [-0.15, -0.1) is 0 Å². The van der Waals surface area contributed by atoms with E-state index in [1.54, 1.807) is 0 Å². The van der Waals surface area contributed by atoms with Crippen LogP contribution in [0.5, 0.6) is 0 Å². The molecule has 0 saturated carbocycles. The third-order valence-corrected chi connectivity index (χ3v) is 2.03. The summed E-state index contributed by atoms with van der Waals surface area (Å²) in [5, 5.41) is 10.7. The van der Waals surface area contributed by atoms with Crippen molar-refractivity contribution in [2.24, 2.45) is 5.73 Å². The number of aliphatic carboxylic acids is 1. The van der Waals surface area contributed by atoms with E-state index in [0.29, 0.717) is 0 Å². The predicted octanol–water partition coefficient (Wildman–Crippen LogP) is -0.604. The lowest BCUT2D eigenvalue weighted by atomic mass is 10.0. The molecule has 1 saturated heterocycles. The van der Waals surface area contributed by atoms with Crippen molar-refractivity contribution in [3.8, 4) is 0 Å². The summed E-state index contributed by atoms with van der Waals surface area (Å²) in [7, 11) is 0. The normalized spacial score (nSPS) is 33.8. The van der Waals surface area contributed by atoms with E-state index in [-0.39, 0.29) is 13.0 Å². The highest BCUT2D eigenvalue weighted by Crippen LogP contribution is 2.35. The van der Waals surface area contributed by atoms with Crippen molar-refractivity contribution in [1.82, 2.24) is 5.32 Å². The minimum absolute atomic E-state index is 0.208. The number of carboxylic acid groups (broad SMARTS) is 1. The Bertz CT molecular complexity index is 200. The van der Waals surface area contributed by atoms with Crippen LogP contribution in [0.3, 0.4) is 0 Å². The van der Waals surface area contributed by atoms with Gasteiger partial charge in [0.2, 0.25) is 0 Å². The van der Waals surface area contributed by atoms with E-state index in [1.165, 1.54) is 0 Å². The summed E-state index contributed by atoms with van der Waals surface area (Å²) in [6.45, 7) is 0.208. The molecule has 2 atom stereocenters. The number of nitrogens with one attached hydrogen (secondary N) is 1. The summed E-state index contributed by atoms with van der Waals surface area (Å²) in [5.41, 5.74) is 3.08. The van der Waals surface area contributed by atoms with Crippen LogP contribution in [0, 0.1) is 0 Å². The van der Waals surface area contributed by atoms with Gasteiger partial charge < -0.3 is 10.8 Å². The molecule has 0 bridgehead atoms. The Hall–Kier alpha value is -0.750. The zero-order chi connectivity index (χ0) is 9.35. The van der Waals surface area contributed by atoms with Crippen LogP contribution in [0.1, 0.15) is 6.42 Å². The molecule has 6 heteroatoms. The summed E-state index contributed by atoms with van der Waals surface area (Å²) in [4.78, 5) is 10.4. The fourth-order valence-electron chi connectivity index (χ4n) is 1.23. The van der Waals surface area contributed by atoms with E-state index in [2.05, 4.69) is 5.32 Å². The van der Waals surface area contributed by atoms with Crippen LogP contribution in [0.25, 0.3) is 0 Å². The molecule has 0 aromatic rings. The minimum atomic E-state index is -2.88. The van der Waals surface area contributed by atoms with Gasteiger partial charge in [0.25, 0.3) is 6.43 Å². The number of carboxylic acids is 1. The van der Waals surface area contributed by atoms with Gasteiger partial charge in [-0.05, 0) is 13.0 Å². The van der Waals surface area contributed by atoms with E-state index in [9.17, 15) is 13.6 Å². The highest BCUT2D eigenvalue weighted by Gasteiger charge is 2.66. The van der Waals surface area contributed by atoms with Crippen LogP contribution in [0.2, 0.25) is 0 Å². The van der Waals surface area contributed by atoms with Crippen molar-refractivity contribution in [1.29, 1.82) is 0 Å². The lowest BCUT2D eigenvalue weighted by molar-refractivity contribution is -0.144. The molecule has 0 aromatic heterocycles. The molecule has 1 aliphatic rings. The topological polar surface area (TPSA) is 85.3 Å². The maximum absolute atomic E-state index is 12.2. The van der Waals surface area contributed by atoms with E-state index in [1.807, 2.05) is 0 Å². The quantitative estimate of drug-likeness (QED) is 0.504. The van der Waals surface area contributed by atoms with E-state index < -0.39 is 24.0 Å². The summed E-state index contributed by atoms with van der Waals surface area (Å²) >= 11 is 0. The van der Waals surface area contributed by atoms with Crippen LogP contribution >= 0.6 is 0 Å². The van der Waals surface area contributed by atoms with Gasteiger partial charge >= 0.3 is 5.97 Å². The van der Waals surface area contributed by atoms with E-state index in [4.69, 9.17) is 10.8 Å². The Kier molecular flexibility index (Phi) is 2.29. The standard InChI is InChI=1S/C6H10F2N2O2/c7-4(8)6(5(11)12)3(10-6)1-2-9/h3-4,10H,1-2,9H2,(H,11,12). The van der Waals surface area contributed by atoms with E-state index in [0.717, 1.165) is 0 Å². The third-order valence-electron chi connectivity index (χ3n) is 2.03. The summed E-state index contributed by atoms with van der Waals surface area (Å²) < 4.78 is 24.4. The van der Waals surface area contributed by atoms with Crippen LogP contribution in [0.15, 0.2) is 0 Å². The summed E-state index contributed by atoms with van der Waals surface area (Å²) in [5.74, 6) is -1.50. The summed E-state index contributed by atoms with van der Waals surface area (Å²) in [6, 6.07) is -0.681. The lowest BCUT2D eigenvalue weighted by Crippen LogP contribution is -2.37. The van der Waals surface area contributed by atoms with Crippen molar-refractivity contribution in [3.05, 3.63) is 0 Å². The highest BCUT2D eigenvalue weighted by atomic mass is 19.3. The smallest absolute Gasteiger partial charge is 0.331 e. The molecule has 0 amide bonds. The number of carbonyl (C=O) groups is 1. The fourth-order valence-corrected chi connectivity index (χ4v) is 1.23.